The van der Waals surface area contributed by atoms with Gasteiger partial charge in [0.15, 0.2) is 5.82 Å². The molecule has 0 aliphatic carbocycles. The van der Waals surface area contributed by atoms with E-state index in [0.29, 0.717) is 11.5 Å². The summed E-state index contributed by atoms with van der Waals surface area (Å²) in [5.41, 5.74) is 7.22. The van der Waals surface area contributed by atoms with Crippen LogP contribution in [0.4, 0.5) is 17.2 Å². The van der Waals surface area contributed by atoms with Gasteiger partial charge in [-0.1, -0.05) is 24.3 Å². The lowest BCUT2D eigenvalue weighted by atomic mass is 10.1. The average Bonchev–Trinajstić information content (AvgIpc) is 2.54. The summed E-state index contributed by atoms with van der Waals surface area (Å²) in [6.07, 6.45) is 1.73. The fraction of sp³-hybridized carbons (Fsp3) is 0.0625. The van der Waals surface area contributed by atoms with Crippen molar-refractivity contribution in [1.29, 1.82) is 0 Å². The molecule has 0 spiro atoms. The number of anilines is 1. The van der Waals surface area contributed by atoms with Crippen molar-refractivity contribution in [3.8, 4) is 5.75 Å². The molecule has 1 aromatic heterocycles. The van der Waals surface area contributed by atoms with Crippen LogP contribution in [-0.2, 0) is 0 Å². The molecule has 5 heteroatoms. The Morgan fingerprint density at radius 3 is 2.52 bits per heavy atom. The molecule has 0 radical (unpaired) electrons. The van der Waals surface area contributed by atoms with Crippen LogP contribution in [0.2, 0.25) is 0 Å². The Kier molecular flexibility index (Phi) is 3.47. The van der Waals surface area contributed by atoms with E-state index in [9.17, 15) is 0 Å². The van der Waals surface area contributed by atoms with Gasteiger partial charge in [0.2, 0.25) is 0 Å². The molecule has 0 unspecified atom stereocenters. The number of fused-ring (bicyclic) bond motifs is 1. The maximum Gasteiger partial charge on any atom is 0.151 e. The summed E-state index contributed by atoms with van der Waals surface area (Å²) in [5, 5.41) is 10.4. The molecule has 0 aliphatic rings. The van der Waals surface area contributed by atoms with Gasteiger partial charge >= 0.3 is 0 Å². The lowest BCUT2D eigenvalue weighted by Gasteiger charge is -2.03. The molecular weight excluding hydrogens is 264 g/mol. The van der Waals surface area contributed by atoms with Crippen LogP contribution >= 0.6 is 0 Å². The lowest BCUT2D eigenvalue weighted by molar-refractivity contribution is 0.415. The van der Waals surface area contributed by atoms with Crippen molar-refractivity contribution in [1.82, 2.24) is 4.98 Å². The van der Waals surface area contributed by atoms with Crippen LogP contribution in [-0.4, -0.2) is 12.1 Å². The highest BCUT2D eigenvalue weighted by atomic mass is 16.5. The molecule has 0 saturated carbocycles. The zero-order valence-electron chi connectivity index (χ0n) is 11.5. The maximum atomic E-state index is 5.91. The Morgan fingerprint density at radius 1 is 1.00 bits per heavy atom. The van der Waals surface area contributed by atoms with E-state index in [1.54, 1.807) is 13.3 Å². The Balaban J connectivity index is 2.00. The van der Waals surface area contributed by atoms with Crippen LogP contribution in [0.5, 0.6) is 5.75 Å². The Labute approximate surface area is 122 Å². The highest BCUT2D eigenvalue weighted by Crippen LogP contribution is 2.31. The number of ether oxygens (including phenoxy) is 1. The average molecular weight is 278 g/mol. The number of pyridine rings is 1. The van der Waals surface area contributed by atoms with E-state index in [-0.39, 0.29) is 0 Å². The normalized spacial score (nSPS) is 11.1. The lowest BCUT2D eigenvalue weighted by Crippen LogP contribution is -1.90. The first-order chi connectivity index (χ1) is 10.3. The fourth-order valence-corrected chi connectivity index (χ4v) is 2.03. The van der Waals surface area contributed by atoms with Crippen LogP contribution in [0.3, 0.4) is 0 Å². The van der Waals surface area contributed by atoms with Crippen molar-refractivity contribution in [3.05, 3.63) is 54.7 Å². The van der Waals surface area contributed by atoms with Gasteiger partial charge in [-0.3, -0.25) is 0 Å². The van der Waals surface area contributed by atoms with E-state index in [2.05, 4.69) is 15.2 Å². The molecule has 0 bridgehead atoms. The molecular formula is C16H14N4O. The van der Waals surface area contributed by atoms with E-state index < -0.39 is 0 Å². The summed E-state index contributed by atoms with van der Waals surface area (Å²) < 4.78 is 5.11. The van der Waals surface area contributed by atoms with E-state index in [1.807, 2.05) is 48.5 Å². The van der Waals surface area contributed by atoms with Crippen LogP contribution in [0.1, 0.15) is 0 Å². The van der Waals surface area contributed by atoms with Crippen molar-refractivity contribution in [3.63, 3.8) is 0 Å². The second-order valence-corrected chi connectivity index (χ2v) is 4.48. The van der Waals surface area contributed by atoms with E-state index >= 15 is 0 Å². The second kappa shape index (κ2) is 5.58. The number of benzene rings is 2. The smallest absolute Gasteiger partial charge is 0.151 e. The third kappa shape index (κ3) is 2.67. The predicted molar refractivity (Wildman–Crippen MR) is 83.3 cm³/mol. The minimum Gasteiger partial charge on any atom is -0.497 e. The summed E-state index contributed by atoms with van der Waals surface area (Å²) in [4.78, 5) is 4.15. The summed E-state index contributed by atoms with van der Waals surface area (Å²) in [6.45, 7) is 0. The summed E-state index contributed by atoms with van der Waals surface area (Å²) in [7, 11) is 1.62. The molecule has 104 valence electrons. The van der Waals surface area contributed by atoms with Crippen LogP contribution in [0.25, 0.3) is 10.8 Å². The second-order valence-electron chi connectivity index (χ2n) is 4.48. The number of nitrogens with two attached hydrogens (primary N) is 1. The van der Waals surface area contributed by atoms with Gasteiger partial charge in [-0.05, 0) is 24.3 Å². The van der Waals surface area contributed by atoms with Gasteiger partial charge < -0.3 is 10.5 Å². The van der Waals surface area contributed by atoms with Gasteiger partial charge in [0.25, 0.3) is 0 Å². The third-order valence-corrected chi connectivity index (χ3v) is 3.14. The van der Waals surface area contributed by atoms with Gasteiger partial charge in [0.1, 0.15) is 11.4 Å². The molecule has 1 heterocycles. The molecule has 0 atom stereocenters. The Hall–Kier alpha value is -2.95. The minimum absolute atomic E-state index is 0.367. The number of aromatic nitrogens is 1. The quantitative estimate of drug-likeness (QED) is 0.728. The van der Waals surface area contributed by atoms with Crippen molar-refractivity contribution < 1.29 is 4.74 Å². The summed E-state index contributed by atoms with van der Waals surface area (Å²) >= 11 is 0. The molecule has 2 N–H and O–H groups in total. The van der Waals surface area contributed by atoms with Crippen LogP contribution in [0.15, 0.2) is 65.0 Å². The Bertz CT molecular complexity index is 797. The molecule has 21 heavy (non-hydrogen) atoms. The molecule has 2 aromatic carbocycles. The zero-order valence-corrected chi connectivity index (χ0v) is 11.5. The van der Waals surface area contributed by atoms with Crippen molar-refractivity contribution >= 4 is 28.0 Å². The topological polar surface area (TPSA) is 72.9 Å². The molecule has 0 saturated heterocycles. The van der Waals surface area contributed by atoms with Gasteiger partial charge in [-0.2, -0.15) is 5.11 Å². The first-order valence-corrected chi connectivity index (χ1v) is 6.47. The first kappa shape index (κ1) is 13.1. The molecule has 3 aromatic rings. The monoisotopic (exact) mass is 278 g/mol. The van der Waals surface area contributed by atoms with Crippen molar-refractivity contribution in [2.24, 2.45) is 10.2 Å². The minimum atomic E-state index is 0.367. The number of hydrogen-bond donors (Lipinski definition) is 1. The summed E-state index contributed by atoms with van der Waals surface area (Å²) in [5.74, 6) is 1.14. The van der Waals surface area contributed by atoms with Crippen molar-refractivity contribution in [2.75, 3.05) is 12.8 Å². The largest absolute Gasteiger partial charge is 0.497 e. The number of hydrogen-bond acceptors (Lipinski definition) is 5. The number of rotatable bonds is 3. The number of nitrogen functional groups attached to an aromatic ring is 1. The van der Waals surface area contributed by atoms with Crippen molar-refractivity contribution in [2.45, 2.75) is 0 Å². The molecule has 0 fully saturated rings. The standard InChI is InChI=1S/C16H14N4O/c1-21-13-8-6-12(7-9-13)19-20-15-14-5-3-2-4-11(14)10-18-16(15)17/h2-10H,1H3,(H2,17,18). The SMILES string of the molecule is COc1ccc(N=Nc2c(N)ncc3ccccc23)cc1. The number of methoxy groups -OCH3 is 1. The molecule has 3 rings (SSSR count). The fourth-order valence-electron chi connectivity index (χ4n) is 2.03. The van der Waals surface area contributed by atoms with Crippen LogP contribution in [0, 0.1) is 0 Å². The third-order valence-electron chi connectivity index (χ3n) is 3.14. The zero-order chi connectivity index (χ0) is 14.7. The van der Waals surface area contributed by atoms with Gasteiger partial charge in [0, 0.05) is 17.0 Å². The van der Waals surface area contributed by atoms with Gasteiger partial charge in [0.05, 0.1) is 12.8 Å². The van der Waals surface area contributed by atoms with Gasteiger partial charge in [-0.15, -0.1) is 5.11 Å². The van der Waals surface area contributed by atoms with E-state index in [4.69, 9.17) is 10.5 Å². The first-order valence-electron chi connectivity index (χ1n) is 6.47. The van der Waals surface area contributed by atoms with Crippen LogP contribution < -0.4 is 10.5 Å². The van der Waals surface area contributed by atoms with E-state index in [1.165, 1.54) is 0 Å². The maximum absolute atomic E-state index is 5.91. The highest BCUT2D eigenvalue weighted by molar-refractivity contribution is 5.95. The number of azo groups is 1. The number of nitrogens with zero attached hydrogens (tertiary/aromatic N) is 3. The highest BCUT2D eigenvalue weighted by Gasteiger charge is 2.05. The molecule has 5 nitrogen and oxygen atoms in total. The van der Waals surface area contributed by atoms with Gasteiger partial charge in [-0.25, -0.2) is 4.98 Å². The Morgan fingerprint density at radius 2 is 1.76 bits per heavy atom. The summed E-state index contributed by atoms with van der Waals surface area (Å²) in [6, 6.07) is 15.1. The predicted octanol–water partition coefficient (Wildman–Crippen LogP) is 4.24. The van der Waals surface area contributed by atoms with E-state index in [0.717, 1.165) is 22.2 Å². The molecule has 0 aliphatic heterocycles. The molecule has 0 amide bonds.